The van der Waals surface area contributed by atoms with Gasteiger partial charge in [0.1, 0.15) is 17.3 Å². The minimum absolute atomic E-state index is 0.0182. The van der Waals surface area contributed by atoms with Crippen molar-refractivity contribution in [1.29, 1.82) is 0 Å². The largest absolute Gasteiger partial charge is 0.421 e. The zero-order chi connectivity index (χ0) is 24.8. The van der Waals surface area contributed by atoms with Gasteiger partial charge in [0.15, 0.2) is 11.4 Å². The number of aromatic nitrogens is 6. The maximum Gasteiger partial charge on any atom is 0.326 e. The monoisotopic (exact) mass is 507 g/mol. The third-order valence-electron chi connectivity index (χ3n) is 7.90. The van der Waals surface area contributed by atoms with Crippen molar-refractivity contribution in [3.63, 3.8) is 0 Å². The maximum absolute atomic E-state index is 14.8. The number of nitrogens with zero attached hydrogens (tertiary/aromatic N) is 6. The number of fused-ring (bicyclic) bond motifs is 4. The van der Waals surface area contributed by atoms with Gasteiger partial charge in [-0.15, -0.1) is 0 Å². The minimum atomic E-state index is -0.520. The van der Waals surface area contributed by atoms with Crippen LogP contribution in [0.3, 0.4) is 0 Å². The van der Waals surface area contributed by atoms with E-state index in [0.717, 1.165) is 25.9 Å². The molecule has 1 aliphatic heterocycles. The fraction of sp³-hybridized carbons (Fsp3) is 0.333. The highest BCUT2D eigenvalue weighted by Gasteiger charge is 2.60. The Hall–Kier alpha value is -3.70. The molecule has 2 fully saturated rings. The average molecular weight is 508 g/mol. The van der Waals surface area contributed by atoms with E-state index in [9.17, 15) is 4.39 Å². The van der Waals surface area contributed by atoms with Gasteiger partial charge in [0.2, 0.25) is 0 Å². The van der Waals surface area contributed by atoms with Crippen molar-refractivity contribution in [3.8, 4) is 11.8 Å². The first-order valence-electron chi connectivity index (χ1n) is 11.7. The smallest absolute Gasteiger partial charge is 0.326 e. The number of hydrogen-bond acceptors (Lipinski definition) is 8. The van der Waals surface area contributed by atoms with Crippen molar-refractivity contribution in [1.82, 2.24) is 29.5 Å². The van der Waals surface area contributed by atoms with Gasteiger partial charge >= 0.3 is 6.01 Å². The summed E-state index contributed by atoms with van der Waals surface area (Å²) in [6, 6.07) is 3.29. The van der Waals surface area contributed by atoms with Gasteiger partial charge < -0.3 is 25.7 Å². The summed E-state index contributed by atoms with van der Waals surface area (Å²) in [4.78, 5) is 19.2. The summed E-state index contributed by atoms with van der Waals surface area (Å²) in [5.74, 6) is 0.534. The van der Waals surface area contributed by atoms with E-state index in [2.05, 4.69) is 37.2 Å². The third-order valence-corrected chi connectivity index (χ3v) is 8.27. The molecule has 0 unspecified atom stereocenters. The van der Waals surface area contributed by atoms with Gasteiger partial charge in [-0.3, -0.25) is 0 Å². The van der Waals surface area contributed by atoms with E-state index in [1.54, 1.807) is 36.2 Å². The van der Waals surface area contributed by atoms with E-state index in [1.165, 1.54) is 6.07 Å². The van der Waals surface area contributed by atoms with Gasteiger partial charge in [-0.05, 0) is 19.8 Å². The molecule has 0 bridgehead atoms. The number of nitrogens with one attached hydrogen (secondary N) is 2. The van der Waals surface area contributed by atoms with Crippen molar-refractivity contribution in [3.05, 3.63) is 41.6 Å². The summed E-state index contributed by atoms with van der Waals surface area (Å²) < 4.78 is 22.4. The lowest BCUT2D eigenvalue weighted by Gasteiger charge is -2.65. The first kappa shape index (κ1) is 21.6. The summed E-state index contributed by atoms with van der Waals surface area (Å²) in [7, 11) is 1.73. The Balaban J connectivity index is 1.40. The molecule has 1 saturated carbocycles. The predicted molar refractivity (Wildman–Crippen MR) is 135 cm³/mol. The molecule has 1 atom stereocenters. The van der Waals surface area contributed by atoms with E-state index in [-0.39, 0.29) is 22.0 Å². The molecule has 12 heteroatoms. The summed E-state index contributed by atoms with van der Waals surface area (Å²) >= 11 is 6.50. The van der Waals surface area contributed by atoms with Crippen LogP contribution in [-0.4, -0.2) is 55.2 Å². The molecule has 1 aromatic carbocycles. The summed E-state index contributed by atoms with van der Waals surface area (Å²) in [5.41, 5.74) is 8.78. The first-order valence-corrected chi connectivity index (χ1v) is 12.1. The van der Waals surface area contributed by atoms with Crippen molar-refractivity contribution in [2.24, 2.45) is 11.1 Å². The van der Waals surface area contributed by atoms with E-state index >= 15 is 0 Å². The molecule has 1 aliphatic carbocycles. The molecule has 0 amide bonds. The van der Waals surface area contributed by atoms with Crippen LogP contribution in [0.25, 0.3) is 27.6 Å². The number of H-pyrrole nitrogens is 1. The topological polar surface area (TPSA) is 122 Å². The molecule has 184 valence electrons. The Morgan fingerprint density at radius 2 is 2.08 bits per heavy atom. The van der Waals surface area contributed by atoms with Crippen LogP contribution in [0.15, 0.2) is 30.7 Å². The van der Waals surface area contributed by atoms with Crippen molar-refractivity contribution >= 4 is 50.7 Å². The van der Waals surface area contributed by atoms with Gasteiger partial charge in [-0.1, -0.05) is 11.6 Å². The van der Waals surface area contributed by atoms with Crippen LogP contribution >= 0.6 is 11.6 Å². The quantitative estimate of drug-likeness (QED) is 0.332. The number of benzene rings is 1. The summed E-state index contributed by atoms with van der Waals surface area (Å²) in [5, 5.41) is 8.42. The highest BCUT2D eigenvalue weighted by molar-refractivity contribution is 6.39. The molecule has 2 aliphatic rings. The van der Waals surface area contributed by atoms with E-state index in [0.29, 0.717) is 44.8 Å². The lowest BCUT2D eigenvalue weighted by molar-refractivity contribution is -0.0168. The SMILES string of the molecule is CNc1cc(F)c(Cl)c2c1[nH]c1nc(Oc3cnc4ccnn4c3)nc(N3CC4(CC[C@]4(C)N)C3)c12. The zero-order valence-electron chi connectivity index (χ0n) is 19.6. The fourth-order valence-electron chi connectivity index (χ4n) is 5.51. The lowest BCUT2D eigenvalue weighted by Crippen LogP contribution is -2.75. The standard InChI is InChI=1S/C24H23ClFN9O/c1-23(27)4-5-24(23)10-34(11-24)21-17-16-18(25)13(26)7-14(28-2)19(16)31-20(17)32-22(33-21)36-12-8-29-15-3-6-30-35(15)9-12/h3,6-9,28H,4-5,10-11,27H2,1-2H3,(H,31,32,33)/t23-/m0/s1. The van der Waals surface area contributed by atoms with Gasteiger partial charge in [0.25, 0.3) is 0 Å². The van der Waals surface area contributed by atoms with Crippen LogP contribution in [0.2, 0.25) is 5.02 Å². The zero-order valence-corrected chi connectivity index (χ0v) is 20.4. The Kier molecular flexibility index (Phi) is 4.30. The normalized spacial score (nSPS) is 20.8. The molecule has 5 aromatic rings. The highest BCUT2D eigenvalue weighted by atomic mass is 35.5. The first-order chi connectivity index (χ1) is 17.3. The number of nitrogens with two attached hydrogens (primary N) is 1. The van der Waals surface area contributed by atoms with E-state index in [4.69, 9.17) is 27.1 Å². The Bertz CT molecular complexity index is 1690. The molecular weight excluding hydrogens is 485 g/mol. The molecule has 4 aromatic heterocycles. The molecule has 1 saturated heterocycles. The van der Waals surface area contributed by atoms with Gasteiger partial charge in [-0.2, -0.15) is 15.1 Å². The molecule has 1 spiro atoms. The summed E-state index contributed by atoms with van der Waals surface area (Å²) in [6.07, 6.45) is 7.02. The number of anilines is 2. The van der Waals surface area contributed by atoms with Crippen LogP contribution < -0.4 is 20.7 Å². The van der Waals surface area contributed by atoms with Gasteiger partial charge in [-0.25, -0.2) is 13.9 Å². The number of aromatic amines is 1. The van der Waals surface area contributed by atoms with Crippen LogP contribution in [0, 0.1) is 11.2 Å². The highest BCUT2D eigenvalue weighted by Crippen LogP contribution is 2.56. The second-order valence-corrected chi connectivity index (χ2v) is 10.4. The average Bonchev–Trinajstić information content (AvgIpc) is 3.44. The third kappa shape index (κ3) is 2.86. The second-order valence-electron chi connectivity index (χ2n) is 9.98. The Morgan fingerprint density at radius 3 is 2.81 bits per heavy atom. The molecule has 4 N–H and O–H groups in total. The van der Waals surface area contributed by atoms with E-state index < -0.39 is 5.82 Å². The molecule has 10 nitrogen and oxygen atoms in total. The van der Waals surface area contributed by atoms with Gasteiger partial charge in [0, 0.05) is 48.6 Å². The Labute approximate surface area is 209 Å². The molecule has 36 heavy (non-hydrogen) atoms. The molecule has 7 rings (SSSR count). The van der Waals surface area contributed by atoms with Crippen LogP contribution in [-0.2, 0) is 0 Å². The van der Waals surface area contributed by atoms with Crippen LogP contribution in [0.4, 0.5) is 15.9 Å². The predicted octanol–water partition coefficient (Wildman–Crippen LogP) is 4.10. The minimum Gasteiger partial charge on any atom is -0.421 e. The molecule has 5 heterocycles. The van der Waals surface area contributed by atoms with E-state index in [1.807, 2.05) is 0 Å². The molecule has 0 radical (unpaired) electrons. The lowest BCUT2D eigenvalue weighted by atomic mass is 9.52. The van der Waals surface area contributed by atoms with Crippen molar-refractivity contribution in [2.75, 3.05) is 30.4 Å². The number of rotatable bonds is 4. The summed E-state index contributed by atoms with van der Waals surface area (Å²) in [6.45, 7) is 3.59. The molecular formula is C24H23ClFN9O. The maximum atomic E-state index is 14.8. The van der Waals surface area contributed by atoms with Crippen molar-refractivity contribution in [2.45, 2.75) is 25.3 Å². The number of ether oxygens (including phenoxy) is 1. The van der Waals surface area contributed by atoms with Crippen LogP contribution in [0.1, 0.15) is 19.8 Å². The fourth-order valence-corrected chi connectivity index (χ4v) is 5.75. The number of halogens is 2. The van der Waals surface area contributed by atoms with Crippen LogP contribution in [0.5, 0.6) is 11.8 Å². The van der Waals surface area contributed by atoms with Crippen molar-refractivity contribution < 1.29 is 9.13 Å². The number of hydrogen-bond donors (Lipinski definition) is 3. The Morgan fingerprint density at radius 1 is 1.25 bits per heavy atom. The van der Waals surface area contributed by atoms with Gasteiger partial charge in [0.05, 0.1) is 40.2 Å². The second kappa shape index (κ2) is 7.17.